The monoisotopic (exact) mass is 284 g/mol. The van der Waals surface area contributed by atoms with Gasteiger partial charge < -0.3 is 5.11 Å². The van der Waals surface area contributed by atoms with Crippen LogP contribution in [0.5, 0.6) is 0 Å². The molecule has 110 valence electrons. The van der Waals surface area contributed by atoms with Crippen molar-refractivity contribution in [2.75, 3.05) is 0 Å². The van der Waals surface area contributed by atoms with Crippen molar-refractivity contribution in [1.82, 2.24) is 0 Å². The Labute approximate surface area is 122 Å². The third-order valence-electron chi connectivity index (χ3n) is 3.78. The van der Waals surface area contributed by atoms with Crippen LogP contribution in [-0.4, -0.2) is 15.5 Å². The van der Waals surface area contributed by atoms with Crippen LogP contribution < -0.4 is 0 Å². The number of carbonyl (C=O) groups excluding carboxylic acids is 1. The SMILES string of the molecule is CCCCCCCCCCC1SC(=O)C(CC)=C1O. The Morgan fingerprint density at radius 3 is 2.11 bits per heavy atom. The number of unbranched alkanes of at least 4 members (excludes halogenated alkanes) is 7. The standard InChI is InChI=1S/C16H28O2S/c1-3-5-6-7-8-9-10-11-12-14-15(17)13(4-2)16(18)19-14/h14,17H,3-12H2,1-2H3. The van der Waals surface area contributed by atoms with Crippen LogP contribution in [0.25, 0.3) is 0 Å². The maximum atomic E-state index is 11.6. The molecule has 0 saturated carbocycles. The molecule has 1 heterocycles. The fourth-order valence-corrected chi connectivity index (χ4v) is 3.73. The smallest absolute Gasteiger partial charge is 0.219 e. The average Bonchev–Trinajstić information content (AvgIpc) is 2.67. The lowest BCUT2D eigenvalue weighted by atomic mass is 10.0. The molecule has 1 atom stereocenters. The van der Waals surface area contributed by atoms with E-state index < -0.39 is 0 Å². The van der Waals surface area contributed by atoms with Crippen LogP contribution in [-0.2, 0) is 4.79 Å². The zero-order valence-electron chi connectivity index (χ0n) is 12.4. The van der Waals surface area contributed by atoms with Gasteiger partial charge in [-0.2, -0.15) is 0 Å². The van der Waals surface area contributed by atoms with Crippen LogP contribution in [0.3, 0.4) is 0 Å². The van der Waals surface area contributed by atoms with Crippen LogP contribution >= 0.6 is 11.8 Å². The van der Waals surface area contributed by atoms with Gasteiger partial charge >= 0.3 is 0 Å². The average molecular weight is 284 g/mol. The van der Waals surface area contributed by atoms with E-state index in [1.165, 1.54) is 56.7 Å². The number of hydrogen-bond acceptors (Lipinski definition) is 3. The minimum atomic E-state index is 0.0440. The van der Waals surface area contributed by atoms with Gasteiger partial charge in [0.15, 0.2) is 0 Å². The van der Waals surface area contributed by atoms with Crippen molar-refractivity contribution in [3.05, 3.63) is 11.3 Å². The van der Waals surface area contributed by atoms with E-state index in [-0.39, 0.29) is 10.4 Å². The van der Waals surface area contributed by atoms with Gasteiger partial charge in [-0.1, -0.05) is 77.0 Å². The first-order valence-corrected chi connectivity index (χ1v) is 8.71. The zero-order valence-corrected chi connectivity index (χ0v) is 13.2. The Balaban J connectivity index is 2.08. The van der Waals surface area contributed by atoms with E-state index in [1.54, 1.807) is 0 Å². The Bertz CT molecular complexity index is 310. The van der Waals surface area contributed by atoms with Gasteiger partial charge in [-0.25, -0.2) is 0 Å². The molecule has 0 aliphatic carbocycles. The van der Waals surface area contributed by atoms with Gasteiger partial charge in [0, 0.05) is 5.57 Å². The molecule has 0 spiro atoms. The second-order valence-corrected chi connectivity index (χ2v) is 6.55. The van der Waals surface area contributed by atoms with Crippen molar-refractivity contribution >= 4 is 16.9 Å². The first kappa shape index (κ1) is 16.6. The zero-order chi connectivity index (χ0) is 14.1. The van der Waals surface area contributed by atoms with Crippen molar-refractivity contribution in [3.63, 3.8) is 0 Å². The lowest BCUT2D eigenvalue weighted by molar-refractivity contribution is -0.107. The van der Waals surface area contributed by atoms with Gasteiger partial charge in [-0.15, -0.1) is 0 Å². The number of rotatable bonds is 10. The highest BCUT2D eigenvalue weighted by molar-refractivity contribution is 8.15. The molecule has 0 radical (unpaired) electrons. The fourth-order valence-electron chi connectivity index (χ4n) is 2.54. The molecule has 0 aromatic heterocycles. The van der Waals surface area contributed by atoms with E-state index in [0.29, 0.717) is 17.8 Å². The van der Waals surface area contributed by atoms with Crippen molar-refractivity contribution in [2.24, 2.45) is 0 Å². The summed E-state index contributed by atoms with van der Waals surface area (Å²) in [7, 11) is 0. The van der Waals surface area contributed by atoms with Crippen LogP contribution in [0.15, 0.2) is 11.3 Å². The van der Waals surface area contributed by atoms with Crippen molar-refractivity contribution in [3.8, 4) is 0 Å². The van der Waals surface area contributed by atoms with E-state index in [2.05, 4.69) is 6.92 Å². The Morgan fingerprint density at radius 2 is 1.58 bits per heavy atom. The van der Waals surface area contributed by atoms with E-state index in [4.69, 9.17) is 0 Å². The van der Waals surface area contributed by atoms with Crippen LogP contribution in [0.1, 0.15) is 78.1 Å². The molecule has 1 rings (SSSR count). The minimum absolute atomic E-state index is 0.0440. The maximum Gasteiger partial charge on any atom is 0.219 e. The van der Waals surface area contributed by atoms with Gasteiger partial charge in [0.2, 0.25) is 5.12 Å². The van der Waals surface area contributed by atoms with Crippen LogP contribution in [0.2, 0.25) is 0 Å². The summed E-state index contributed by atoms with van der Waals surface area (Å²) in [6, 6.07) is 0. The fraction of sp³-hybridized carbons (Fsp3) is 0.812. The molecular formula is C16H28O2S. The summed E-state index contributed by atoms with van der Waals surface area (Å²) in [4.78, 5) is 11.6. The summed E-state index contributed by atoms with van der Waals surface area (Å²) in [5, 5.41) is 10.1. The third-order valence-corrected chi connectivity index (χ3v) is 4.99. The number of aliphatic hydroxyl groups is 1. The molecule has 0 saturated heterocycles. The maximum absolute atomic E-state index is 11.6. The molecule has 0 aromatic rings. The molecule has 1 unspecified atom stereocenters. The van der Waals surface area contributed by atoms with Crippen LogP contribution in [0.4, 0.5) is 0 Å². The van der Waals surface area contributed by atoms with Crippen molar-refractivity contribution < 1.29 is 9.90 Å². The lowest BCUT2D eigenvalue weighted by Gasteiger charge is -2.08. The molecule has 2 nitrogen and oxygen atoms in total. The minimum Gasteiger partial charge on any atom is -0.511 e. The predicted octanol–water partition coefficient (Wildman–Crippen LogP) is 5.38. The molecule has 1 aliphatic rings. The summed E-state index contributed by atoms with van der Waals surface area (Å²) in [6.07, 6.45) is 12.0. The first-order chi connectivity index (χ1) is 9.20. The first-order valence-electron chi connectivity index (χ1n) is 7.83. The summed E-state index contributed by atoms with van der Waals surface area (Å²) < 4.78 is 0. The van der Waals surface area contributed by atoms with Gasteiger partial charge in [0.05, 0.1) is 5.25 Å². The van der Waals surface area contributed by atoms with E-state index in [9.17, 15) is 9.90 Å². The highest BCUT2D eigenvalue weighted by Crippen LogP contribution is 2.36. The third kappa shape index (κ3) is 5.60. The number of carbonyl (C=O) groups is 1. The molecule has 0 fully saturated rings. The topological polar surface area (TPSA) is 37.3 Å². The van der Waals surface area contributed by atoms with Crippen molar-refractivity contribution in [1.29, 1.82) is 0 Å². The van der Waals surface area contributed by atoms with Crippen molar-refractivity contribution in [2.45, 2.75) is 83.3 Å². The number of aliphatic hydroxyl groups excluding tert-OH is 1. The second kappa shape index (κ2) is 9.46. The van der Waals surface area contributed by atoms with Gasteiger partial charge in [0.1, 0.15) is 5.76 Å². The van der Waals surface area contributed by atoms with E-state index in [1.807, 2.05) is 6.92 Å². The highest BCUT2D eigenvalue weighted by Gasteiger charge is 2.31. The molecule has 0 bridgehead atoms. The molecule has 1 N–H and O–H groups in total. The second-order valence-electron chi connectivity index (χ2n) is 5.37. The molecule has 0 amide bonds. The predicted molar refractivity (Wildman–Crippen MR) is 83.6 cm³/mol. The summed E-state index contributed by atoms with van der Waals surface area (Å²) >= 11 is 1.32. The van der Waals surface area contributed by atoms with Crippen LogP contribution in [0, 0.1) is 0 Å². The van der Waals surface area contributed by atoms with E-state index >= 15 is 0 Å². The molecule has 19 heavy (non-hydrogen) atoms. The van der Waals surface area contributed by atoms with E-state index in [0.717, 1.165) is 12.8 Å². The van der Waals surface area contributed by atoms with Gasteiger partial charge in [0.25, 0.3) is 0 Å². The molecule has 0 aromatic carbocycles. The largest absolute Gasteiger partial charge is 0.511 e. The Kier molecular flexibility index (Phi) is 8.27. The number of hydrogen-bond donors (Lipinski definition) is 1. The summed E-state index contributed by atoms with van der Waals surface area (Å²) in [5.74, 6) is 0.362. The number of thioether (sulfide) groups is 1. The molecule has 1 aliphatic heterocycles. The normalized spacial score (nSPS) is 19.5. The lowest BCUT2D eigenvalue weighted by Crippen LogP contribution is -2.02. The van der Waals surface area contributed by atoms with Gasteiger partial charge in [-0.05, 0) is 12.8 Å². The Hall–Kier alpha value is -0.440. The highest BCUT2D eigenvalue weighted by atomic mass is 32.2. The Morgan fingerprint density at radius 1 is 1.00 bits per heavy atom. The quantitative estimate of drug-likeness (QED) is 0.547. The molecule has 3 heteroatoms. The van der Waals surface area contributed by atoms with Gasteiger partial charge in [-0.3, -0.25) is 4.79 Å². The summed E-state index contributed by atoms with van der Waals surface area (Å²) in [5.41, 5.74) is 0.648. The molecular weight excluding hydrogens is 256 g/mol. The summed E-state index contributed by atoms with van der Waals surface area (Å²) in [6.45, 7) is 4.17.